The number of amides is 1. The smallest absolute Gasteiger partial charge is 0.407 e. The van der Waals surface area contributed by atoms with Gasteiger partial charge in [0.25, 0.3) is 0 Å². The first-order chi connectivity index (χ1) is 13.8. The summed E-state index contributed by atoms with van der Waals surface area (Å²) in [7, 11) is 0. The first-order valence-corrected chi connectivity index (χ1v) is 11.8. The van der Waals surface area contributed by atoms with E-state index < -0.39 is 5.60 Å². The summed E-state index contributed by atoms with van der Waals surface area (Å²) in [6, 6.07) is 4.95. The molecular formula is C21H28FN3O2S2. The lowest BCUT2D eigenvalue weighted by Gasteiger charge is -2.19. The topological polar surface area (TPSA) is 63.2 Å². The van der Waals surface area contributed by atoms with Crippen molar-refractivity contribution in [1.82, 2.24) is 10.3 Å². The van der Waals surface area contributed by atoms with Gasteiger partial charge in [-0.1, -0.05) is 0 Å². The van der Waals surface area contributed by atoms with Crippen LogP contribution in [0.25, 0.3) is 11.3 Å². The highest BCUT2D eigenvalue weighted by Crippen LogP contribution is 2.41. The Morgan fingerprint density at radius 2 is 2.03 bits per heavy atom. The van der Waals surface area contributed by atoms with Crippen LogP contribution in [0.2, 0.25) is 0 Å². The van der Waals surface area contributed by atoms with Gasteiger partial charge in [-0.3, -0.25) is 0 Å². The number of carbonyl (C=O) groups excluding carboxylic acids is 1. The van der Waals surface area contributed by atoms with Gasteiger partial charge in [0.2, 0.25) is 0 Å². The molecule has 1 aromatic heterocycles. The van der Waals surface area contributed by atoms with Gasteiger partial charge < -0.3 is 15.4 Å². The van der Waals surface area contributed by atoms with Crippen LogP contribution in [-0.2, 0) is 11.2 Å². The van der Waals surface area contributed by atoms with Crippen molar-refractivity contribution in [2.75, 3.05) is 24.2 Å². The predicted octanol–water partition coefficient (Wildman–Crippen LogP) is 5.70. The van der Waals surface area contributed by atoms with Crippen LogP contribution in [0.3, 0.4) is 0 Å². The number of rotatable bonds is 7. The van der Waals surface area contributed by atoms with Crippen molar-refractivity contribution in [2.24, 2.45) is 0 Å². The Bertz CT molecular complexity index is 849. The molecule has 0 aliphatic carbocycles. The van der Waals surface area contributed by atoms with Crippen LogP contribution in [0.15, 0.2) is 23.1 Å². The molecule has 0 fully saturated rings. The number of unbranched alkanes of at least 4 members (excludes halogenated alkanes) is 2. The van der Waals surface area contributed by atoms with E-state index in [2.05, 4.69) is 10.6 Å². The summed E-state index contributed by atoms with van der Waals surface area (Å²) in [5, 5.41) is 7.06. The number of benzene rings is 1. The Hall–Kier alpha value is -1.80. The van der Waals surface area contributed by atoms with Crippen LogP contribution in [0.1, 0.15) is 44.9 Å². The molecule has 0 bridgehead atoms. The zero-order chi connectivity index (χ0) is 20.9. The molecule has 2 N–H and O–H groups in total. The van der Waals surface area contributed by atoms with Gasteiger partial charge in [0.1, 0.15) is 11.4 Å². The highest BCUT2D eigenvalue weighted by Gasteiger charge is 2.20. The number of nitrogens with one attached hydrogen (secondary N) is 2. The molecule has 29 heavy (non-hydrogen) atoms. The Morgan fingerprint density at radius 3 is 2.83 bits per heavy atom. The lowest BCUT2D eigenvalue weighted by molar-refractivity contribution is 0.0527. The summed E-state index contributed by atoms with van der Waals surface area (Å²) in [5.74, 6) is 0.762. The van der Waals surface area contributed by atoms with E-state index >= 15 is 0 Å². The molecule has 158 valence electrons. The molecule has 0 atom stereocenters. The Balaban J connectivity index is 1.42. The molecule has 1 aliphatic heterocycles. The molecule has 5 nitrogen and oxygen atoms in total. The first-order valence-electron chi connectivity index (χ1n) is 9.95. The molecule has 0 saturated carbocycles. The quantitative estimate of drug-likeness (QED) is 0.544. The lowest BCUT2D eigenvalue weighted by atomic mass is 10.1. The maximum atomic E-state index is 13.7. The fourth-order valence-corrected chi connectivity index (χ4v) is 5.13. The Labute approximate surface area is 179 Å². The molecule has 8 heteroatoms. The molecule has 1 amide bonds. The van der Waals surface area contributed by atoms with Gasteiger partial charge in [0.05, 0.1) is 5.69 Å². The summed E-state index contributed by atoms with van der Waals surface area (Å²) in [6.45, 7) is 6.99. The molecule has 0 saturated heterocycles. The van der Waals surface area contributed by atoms with Crippen molar-refractivity contribution < 1.29 is 13.9 Å². The fourth-order valence-electron chi connectivity index (χ4n) is 3.00. The third kappa shape index (κ3) is 6.60. The number of halogens is 1. The number of ether oxygens (including phenoxy) is 1. The third-order valence-corrected chi connectivity index (χ3v) is 6.43. The van der Waals surface area contributed by atoms with E-state index in [1.807, 2.05) is 26.8 Å². The number of hydrogen-bond donors (Lipinski definition) is 2. The number of aromatic nitrogens is 1. The number of thioether (sulfide) groups is 1. The summed E-state index contributed by atoms with van der Waals surface area (Å²) < 4.78 is 18.9. The van der Waals surface area contributed by atoms with Gasteiger partial charge in [0, 0.05) is 34.2 Å². The molecule has 1 aromatic carbocycles. The number of hydrogen-bond acceptors (Lipinski definition) is 6. The summed E-state index contributed by atoms with van der Waals surface area (Å²) in [4.78, 5) is 18.6. The Morgan fingerprint density at radius 1 is 1.24 bits per heavy atom. The molecule has 2 aromatic rings. The number of anilines is 1. The molecule has 3 rings (SSSR count). The average Bonchev–Trinajstić information content (AvgIpc) is 2.96. The van der Waals surface area contributed by atoms with Gasteiger partial charge in [-0.2, -0.15) is 0 Å². The monoisotopic (exact) mass is 437 g/mol. The maximum absolute atomic E-state index is 13.7. The van der Waals surface area contributed by atoms with E-state index in [1.165, 1.54) is 10.9 Å². The minimum Gasteiger partial charge on any atom is -0.444 e. The maximum Gasteiger partial charge on any atom is 0.407 e. The van der Waals surface area contributed by atoms with E-state index in [1.54, 1.807) is 29.2 Å². The highest BCUT2D eigenvalue weighted by molar-refractivity contribution is 7.99. The van der Waals surface area contributed by atoms with Gasteiger partial charge in [-0.15, -0.1) is 23.1 Å². The number of nitrogens with zero attached hydrogens (tertiary/aromatic N) is 1. The summed E-state index contributed by atoms with van der Waals surface area (Å²) in [6.07, 6.45) is 3.47. The standard InChI is InChI=1S/C21H28FN3O2S2/c1-21(2,3)27-20(26)24-11-6-4-5-10-23-19-25-18-15-13-14(22)7-8-16(15)28-12-9-17(18)29-19/h7-8,13H,4-6,9-12H2,1-3H3,(H,23,25)(H,24,26). The number of fused-ring (bicyclic) bond motifs is 3. The zero-order valence-corrected chi connectivity index (χ0v) is 18.8. The van der Waals surface area contributed by atoms with Crippen molar-refractivity contribution in [3.8, 4) is 11.3 Å². The minimum absolute atomic E-state index is 0.222. The number of aryl methyl sites for hydroxylation is 1. The molecule has 0 spiro atoms. The van der Waals surface area contributed by atoms with Crippen molar-refractivity contribution >= 4 is 34.3 Å². The second-order valence-corrected chi connectivity index (χ2v) is 10.2. The second-order valence-electron chi connectivity index (χ2n) is 7.95. The third-order valence-electron chi connectivity index (χ3n) is 4.28. The van der Waals surface area contributed by atoms with Crippen LogP contribution >= 0.6 is 23.1 Å². The van der Waals surface area contributed by atoms with E-state index in [0.29, 0.717) is 6.54 Å². The fraction of sp³-hybridized carbons (Fsp3) is 0.524. The largest absolute Gasteiger partial charge is 0.444 e. The van der Waals surface area contributed by atoms with Crippen molar-refractivity contribution in [1.29, 1.82) is 0 Å². The van der Waals surface area contributed by atoms with E-state index in [-0.39, 0.29) is 11.9 Å². The van der Waals surface area contributed by atoms with E-state index in [9.17, 15) is 9.18 Å². The van der Waals surface area contributed by atoms with Gasteiger partial charge >= 0.3 is 6.09 Å². The Kier molecular flexibility index (Phi) is 7.40. The average molecular weight is 438 g/mol. The number of alkyl carbamates (subject to hydrolysis) is 1. The SMILES string of the molecule is CC(C)(C)OC(=O)NCCCCCNc1nc2c(s1)CCSc1ccc(F)cc1-2. The van der Waals surface area contributed by atoms with Crippen molar-refractivity contribution in [2.45, 2.75) is 57.0 Å². The lowest BCUT2D eigenvalue weighted by Crippen LogP contribution is -2.33. The van der Waals surface area contributed by atoms with Crippen LogP contribution in [-0.4, -0.2) is 35.5 Å². The second kappa shape index (κ2) is 9.80. The van der Waals surface area contributed by atoms with Crippen LogP contribution in [0.5, 0.6) is 0 Å². The molecule has 0 unspecified atom stereocenters. The van der Waals surface area contributed by atoms with E-state index in [4.69, 9.17) is 9.72 Å². The molecule has 2 heterocycles. The summed E-state index contributed by atoms with van der Waals surface area (Å²) in [5.41, 5.74) is 1.35. The van der Waals surface area contributed by atoms with Gasteiger partial charge in [0.15, 0.2) is 5.13 Å². The van der Waals surface area contributed by atoms with Crippen LogP contribution in [0, 0.1) is 5.82 Å². The molecule has 0 radical (unpaired) electrons. The minimum atomic E-state index is -0.467. The molecular weight excluding hydrogens is 409 g/mol. The predicted molar refractivity (Wildman–Crippen MR) is 119 cm³/mol. The van der Waals surface area contributed by atoms with Crippen LogP contribution in [0.4, 0.5) is 14.3 Å². The van der Waals surface area contributed by atoms with Crippen molar-refractivity contribution in [3.63, 3.8) is 0 Å². The zero-order valence-electron chi connectivity index (χ0n) is 17.1. The summed E-state index contributed by atoms with van der Waals surface area (Å²) >= 11 is 3.42. The normalized spacial score (nSPS) is 13.2. The van der Waals surface area contributed by atoms with E-state index in [0.717, 1.165) is 59.3 Å². The number of thiazole rings is 1. The van der Waals surface area contributed by atoms with Crippen LogP contribution < -0.4 is 10.6 Å². The first kappa shape index (κ1) is 21.9. The van der Waals surface area contributed by atoms with Crippen molar-refractivity contribution in [3.05, 3.63) is 28.9 Å². The van der Waals surface area contributed by atoms with Gasteiger partial charge in [-0.25, -0.2) is 14.2 Å². The number of carbonyl (C=O) groups is 1. The highest BCUT2D eigenvalue weighted by atomic mass is 32.2. The molecule has 1 aliphatic rings. The van der Waals surface area contributed by atoms with Gasteiger partial charge in [-0.05, 0) is 64.7 Å².